The summed E-state index contributed by atoms with van der Waals surface area (Å²) in [6.45, 7) is 1.50. The number of H-pyrrole nitrogens is 1. The first-order valence-electron chi connectivity index (χ1n) is 9.36. The summed E-state index contributed by atoms with van der Waals surface area (Å²) in [5, 5.41) is 24.1. The van der Waals surface area contributed by atoms with E-state index >= 15 is 0 Å². The predicted octanol–water partition coefficient (Wildman–Crippen LogP) is 2.31. The Morgan fingerprint density at radius 2 is 2.04 bits per heavy atom. The summed E-state index contributed by atoms with van der Waals surface area (Å²) in [5.41, 5.74) is -1.39. The topological polar surface area (TPSA) is 115 Å². The number of aromatic amines is 1. The fourth-order valence-corrected chi connectivity index (χ4v) is 3.79. The summed E-state index contributed by atoms with van der Waals surface area (Å²) in [6, 6.07) is 6.04. The largest absolute Gasteiger partial charge is 0.379 e. The Labute approximate surface area is 167 Å². The van der Waals surface area contributed by atoms with Crippen molar-refractivity contribution < 1.29 is 15.0 Å². The lowest BCUT2D eigenvalue weighted by atomic mass is 9.88. The second-order valence-electron chi connectivity index (χ2n) is 7.37. The number of aliphatic hydroxyl groups excluding tert-OH is 1. The molecule has 1 aromatic carbocycles. The summed E-state index contributed by atoms with van der Waals surface area (Å²) in [6.07, 6.45) is 5.34. The fraction of sp³-hybridized carbons (Fsp3) is 0.450. The van der Waals surface area contributed by atoms with Crippen molar-refractivity contribution >= 4 is 17.5 Å². The number of carbonyl (C=O) groups excluding carboxylic acids is 1. The summed E-state index contributed by atoms with van der Waals surface area (Å²) in [5.74, 6) is -0.478. The minimum atomic E-state index is -1.57. The molecule has 2 atom stereocenters. The van der Waals surface area contributed by atoms with Gasteiger partial charge >= 0.3 is 5.69 Å². The van der Waals surface area contributed by atoms with E-state index in [0.29, 0.717) is 5.56 Å². The maximum absolute atomic E-state index is 12.7. The molecule has 7 nitrogen and oxygen atoms in total. The molecule has 0 bridgehead atoms. The van der Waals surface area contributed by atoms with E-state index in [4.69, 9.17) is 11.6 Å². The lowest BCUT2D eigenvalue weighted by Crippen LogP contribution is -2.41. The zero-order chi connectivity index (χ0) is 20.3. The normalized spacial score (nSPS) is 18.3. The number of carbonyl (C=O) groups is 1. The van der Waals surface area contributed by atoms with Crippen molar-refractivity contribution in [3.05, 3.63) is 62.8 Å². The Kier molecular flexibility index (Phi) is 6.17. The van der Waals surface area contributed by atoms with Gasteiger partial charge in [0.2, 0.25) is 0 Å². The Hall–Kier alpha value is -2.22. The zero-order valence-corrected chi connectivity index (χ0v) is 16.4. The van der Waals surface area contributed by atoms with E-state index in [-0.39, 0.29) is 22.2 Å². The number of benzene rings is 1. The monoisotopic (exact) mass is 405 g/mol. The molecule has 1 saturated carbocycles. The number of nitrogens with one attached hydrogen (secondary N) is 2. The standard InChI is InChI=1S/C20H24ClN3O4/c1-20(28,16-9-10-22-19(27)23-16)13-7-8-15(21)14(11-13)18(26)24-17(25)12-5-3-2-4-6-12/h7-12,17,25,28H,2-6H2,1H3,(H,24,26)(H,22,23,27)/t17?,20-/m0/s1. The average Bonchev–Trinajstić information content (AvgIpc) is 2.68. The van der Waals surface area contributed by atoms with Gasteiger partial charge < -0.3 is 20.5 Å². The van der Waals surface area contributed by atoms with Gasteiger partial charge in [0.25, 0.3) is 5.91 Å². The van der Waals surface area contributed by atoms with Crippen LogP contribution in [0.2, 0.25) is 5.02 Å². The highest BCUT2D eigenvalue weighted by Crippen LogP contribution is 2.30. The van der Waals surface area contributed by atoms with Crippen molar-refractivity contribution in [1.29, 1.82) is 0 Å². The Bertz CT molecular complexity index is 906. The fourth-order valence-electron chi connectivity index (χ4n) is 3.59. The van der Waals surface area contributed by atoms with Crippen molar-refractivity contribution in [2.24, 2.45) is 5.92 Å². The van der Waals surface area contributed by atoms with Crippen molar-refractivity contribution in [3.63, 3.8) is 0 Å². The zero-order valence-electron chi connectivity index (χ0n) is 15.6. The molecule has 1 amide bonds. The van der Waals surface area contributed by atoms with Crippen LogP contribution in [0.1, 0.15) is 60.6 Å². The van der Waals surface area contributed by atoms with Crippen LogP contribution >= 0.6 is 11.6 Å². The molecule has 28 heavy (non-hydrogen) atoms. The van der Waals surface area contributed by atoms with Crippen molar-refractivity contribution in [2.45, 2.75) is 50.9 Å². The minimum absolute atomic E-state index is 0.0321. The first-order valence-corrected chi connectivity index (χ1v) is 9.74. The molecular weight excluding hydrogens is 382 g/mol. The number of rotatable bonds is 5. The third-order valence-electron chi connectivity index (χ3n) is 5.35. The van der Waals surface area contributed by atoms with Gasteiger partial charge in [0, 0.05) is 12.1 Å². The molecule has 150 valence electrons. The number of amides is 1. The maximum atomic E-state index is 12.7. The van der Waals surface area contributed by atoms with Crippen LogP contribution < -0.4 is 11.0 Å². The number of nitrogens with zero attached hydrogens (tertiary/aromatic N) is 1. The number of aliphatic hydroxyl groups is 2. The Morgan fingerprint density at radius 1 is 1.32 bits per heavy atom. The van der Waals surface area contributed by atoms with Gasteiger partial charge in [-0.15, -0.1) is 0 Å². The van der Waals surface area contributed by atoms with E-state index in [1.54, 1.807) is 6.07 Å². The van der Waals surface area contributed by atoms with Crippen LogP contribution in [-0.4, -0.2) is 32.3 Å². The summed E-state index contributed by atoms with van der Waals surface area (Å²) in [4.78, 5) is 30.2. The molecule has 4 N–H and O–H groups in total. The van der Waals surface area contributed by atoms with Gasteiger partial charge in [-0.25, -0.2) is 9.78 Å². The SMILES string of the molecule is C[C@](O)(c1ccc(Cl)c(C(=O)NC(O)C2CCCCC2)c1)c1ccnc(=O)[nH]1. The quantitative estimate of drug-likeness (QED) is 0.570. The molecular formula is C20H24ClN3O4. The van der Waals surface area contributed by atoms with Gasteiger partial charge in [-0.2, -0.15) is 0 Å². The van der Waals surface area contributed by atoms with Gasteiger partial charge in [0.1, 0.15) is 11.8 Å². The third-order valence-corrected chi connectivity index (χ3v) is 5.68. The van der Waals surface area contributed by atoms with Crippen LogP contribution in [-0.2, 0) is 5.60 Å². The summed E-state index contributed by atoms with van der Waals surface area (Å²) < 4.78 is 0. The van der Waals surface area contributed by atoms with E-state index in [9.17, 15) is 19.8 Å². The number of hydrogen-bond donors (Lipinski definition) is 4. The van der Waals surface area contributed by atoms with E-state index in [2.05, 4.69) is 15.3 Å². The lowest BCUT2D eigenvalue weighted by Gasteiger charge is -2.27. The number of halogens is 1. The average molecular weight is 406 g/mol. The first kappa shape index (κ1) is 20.5. The van der Waals surface area contributed by atoms with Gasteiger partial charge in [0.05, 0.1) is 16.3 Å². The van der Waals surface area contributed by atoms with Crippen LogP contribution in [0.3, 0.4) is 0 Å². The Balaban J connectivity index is 1.84. The second kappa shape index (κ2) is 8.43. The molecule has 1 aromatic heterocycles. The highest BCUT2D eigenvalue weighted by Gasteiger charge is 2.29. The highest BCUT2D eigenvalue weighted by atomic mass is 35.5. The molecule has 1 aliphatic carbocycles. The Morgan fingerprint density at radius 3 is 2.71 bits per heavy atom. The van der Waals surface area contributed by atoms with Crippen molar-refractivity contribution in [3.8, 4) is 0 Å². The van der Waals surface area contributed by atoms with E-state index in [1.165, 1.54) is 31.3 Å². The molecule has 8 heteroatoms. The van der Waals surface area contributed by atoms with Crippen molar-refractivity contribution in [1.82, 2.24) is 15.3 Å². The predicted molar refractivity (Wildman–Crippen MR) is 105 cm³/mol. The molecule has 3 rings (SSSR count). The van der Waals surface area contributed by atoms with Gasteiger partial charge in [0.15, 0.2) is 0 Å². The molecule has 1 heterocycles. The lowest BCUT2D eigenvalue weighted by molar-refractivity contribution is 0.0463. The number of aromatic nitrogens is 2. The van der Waals surface area contributed by atoms with Gasteiger partial charge in [-0.05, 0) is 43.5 Å². The first-order chi connectivity index (χ1) is 13.3. The minimum Gasteiger partial charge on any atom is -0.379 e. The molecule has 1 aliphatic rings. The van der Waals surface area contributed by atoms with E-state index in [1.807, 2.05) is 0 Å². The molecule has 0 spiro atoms. The molecule has 2 aromatic rings. The van der Waals surface area contributed by atoms with Crippen LogP contribution in [0.15, 0.2) is 35.3 Å². The molecule has 1 unspecified atom stereocenters. The molecule has 0 saturated heterocycles. The summed E-state index contributed by atoms with van der Waals surface area (Å²) in [7, 11) is 0. The molecule has 0 aliphatic heterocycles. The molecule has 0 radical (unpaired) electrons. The van der Waals surface area contributed by atoms with Gasteiger partial charge in [-0.1, -0.05) is 36.9 Å². The van der Waals surface area contributed by atoms with E-state index in [0.717, 1.165) is 32.1 Å². The maximum Gasteiger partial charge on any atom is 0.345 e. The third kappa shape index (κ3) is 4.43. The second-order valence-corrected chi connectivity index (χ2v) is 7.78. The van der Waals surface area contributed by atoms with Crippen LogP contribution in [0, 0.1) is 5.92 Å². The van der Waals surface area contributed by atoms with E-state index < -0.39 is 23.4 Å². The summed E-state index contributed by atoms with van der Waals surface area (Å²) >= 11 is 6.19. The van der Waals surface area contributed by atoms with Crippen LogP contribution in [0.4, 0.5) is 0 Å². The molecule has 1 fully saturated rings. The van der Waals surface area contributed by atoms with Gasteiger partial charge in [-0.3, -0.25) is 4.79 Å². The smallest absolute Gasteiger partial charge is 0.345 e. The van der Waals surface area contributed by atoms with Crippen molar-refractivity contribution in [2.75, 3.05) is 0 Å². The number of hydrogen-bond acceptors (Lipinski definition) is 5. The van der Waals surface area contributed by atoms with Crippen LogP contribution in [0.25, 0.3) is 0 Å². The highest BCUT2D eigenvalue weighted by molar-refractivity contribution is 6.33. The van der Waals surface area contributed by atoms with Crippen LogP contribution in [0.5, 0.6) is 0 Å².